The van der Waals surface area contributed by atoms with E-state index in [1.165, 1.54) is 0 Å². The third-order valence-electron chi connectivity index (χ3n) is 7.77. The lowest BCUT2D eigenvalue weighted by atomic mass is 9.78. The zero-order valence-electron chi connectivity index (χ0n) is 19.7. The third-order valence-corrected chi connectivity index (χ3v) is 8.02. The van der Waals surface area contributed by atoms with Gasteiger partial charge in [0.1, 0.15) is 0 Å². The molecule has 2 aromatic carbocycles. The van der Waals surface area contributed by atoms with Crippen molar-refractivity contribution in [3.63, 3.8) is 0 Å². The fraction of sp³-hybridized carbons (Fsp3) is 0.519. The smallest absolute Gasteiger partial charge is 0.380 e. The maximum Gasteiger partial charge on any atom is 0.417 e. The van der Waals surface area contributed by atoms with Crippen LogP contribution in [0.3, 0.4) is 0 Å². The van der Waals surface area contributed by atoms with Crippen LogP contribution in [0, 0.1) is 0 Å². The molecule has 4 rings (SSSR count). The molecule has 1 amide bonds. The van der Waals surface area contributed by atoms with Crippen LogP contribution in [0.1, 0.15) is 49.7 Å². The topological polar surface area (TPSA) is 52.6 Å². The maximum absolute atomic E-state index is 13.6. The molecule has 0 spiro atoms. The van der Waals surface area contributed by atoms with Crippen LogP contribution in [0.2, 0.25) is 5.02 Å². The number of halogens is 4. The monoisotopic (exact) mass is 508 g/mol. The number of likely N-dealkylation sites (tertiary alicyclic amines) is 1. The number of alkyl halides is 3. The van der Waals surface area contributed by atoms with Crippen molar-refractivity contribution in [3.8, 4) is 0 Å². The molecule has 2 fully saturated rings. The van der Waals surface area contributed by atoms with Gasteiger partial charge in [0, 0.05) is 30.7 Å². The second-order valence-corrected chi connectivity index (χ2v) is 10.4. The Balaban J connectivity index is 1.49. The lowest BCUT2D eigenvalue weighted by Crippen LogP contribution is -2.57. The molecule has 1 saturated heterocycles. The van der Waals surface area contributed by atoms with Crippen LogP contribution in [0.4, 0.5) is 13.2 Å². The highest BCUT2D eigenvalue weighted by molar-refractivity contribution is 6.30. The highest BCUT2D eigenvalue weighted by Crippen LogP contribution is 2.42. The largest absolute Gasteiger partial charge is 0.417 e. The minimum Gasteiger partial charge on any atom is -0.380 e. The third kappa shape index (κ3) is 5.68. The first-order valence-corrected chi connectivity index (χ1v) is 12.6. The Morgan fingerprint density at radius 1 is 1.00 bits per heavy atom. The van der Waals surface area contributed by atoms with Crippen molar-refractivity contribution < 1.29 is 23.1 Å². The Morgan fingerprint density at radius 2 is 1.60 bits per heavy atom. The molecule has 1 saturated carbocycles. The molecular formula is C27H32ClF3N2O2. The number of rotatable bonds is 7. The molecule has 190 valence electrons. The van der Waals surface area contributed by atoms with E-state index in [9.17, 15) is 23.1 Å². The summed E-state index contributed by atoms with van der Waals surface area (Å²) in [5.41, 5.74) is -1.26. The Morgan fingerprint density at radius 3 is 2.17 bits per heavy atom. The predicted molar refractivity (Wildman–Crippen MR) is 130 cm³/mol. The number of carbonyl (C=O) groups is 1. The molecule has 0 radical (unpaired) electrons. The number of nitrogens with one attached hydrogen (secondary N) is 1. The Hall–Kier alpha value is -2.09. The highest BCUT2D eigenvalue weighted by atomic mass is 35.5. The Kier molecular flexibility index (Phi) is 7.79. The number of benzene rings is 2. The zero-order valence-corrected chi connectivity index (χ0v) is 20.4. The lowest BCUT2D eigenvalue weighted by molar-refractivity contribution is -0.273. The summed E-state index contributed by atoms with van der Waals surface area (Å²) in [5.74, 6) is -0.0424. The van der Waals surface area contributed by atoms with E-state index in [1.54, 1.807) is 12.1 Å². The van der Waals surface area contributed by atoms with E-state index in [0.29, 0.717) is 18.0 Å². The summed E-state index contributed by atoms with van der Waals surface area (Å²) < 4.78 is 40.0. The summed E-state index contributed by atoms with van der Waals surface area (Å²) >= 11 is 6.06. The summed E-state index contributed by atoms with van der Waals surface area (Å²) in [6.07, 6.45) is -1.35. The summed E-state index contributed by atoms with van der Waals surface area (Å²) in [6, 6.07) is 17.0. The minimum atomic E-state index is -4.64. The van der Waals surface area contributed by atoms with Gasteiger partial charge >= 0.3 is 6.18 Å². The lowest BCUT2D eigenvalue weighted by Gasteiger charge is -2.42. The van der Waals surface area contributed by atoms with Gasteiger partial charge in [0.05, 0.1) is 5.41 Å². The molecule has 0 aromatic heterocycles. The van der Waals surface area contributed by atoms with Gasteiger partial charge in [0.2, 0.25) is 5.91 Å². The van der Waals surface area contributed by atoms with Crippen molar-refractivity contribution in [3.05, 3.63) is 70.7 Å². The minimum absolute atomic E-state index is 0.0424. The molecule has 4 nitrogen and oxygen atoms in total. The number of hydrogen-bond acceptors (Lipinski definition) is 3. The number of hydrogen-bond donors (Lipinski definition) is 2. The van der Waals surface area contributed by atoms with E-state index in [4.69, 9.17) is 11.6 Å². The molecule has 2 N–H and O–H groups in total. The quantitative estimate of drug-likeness (QED) is 0.536. The maximum atomic E-state index is 13.6. The molecule has 1 unspecified atom stereocenters. The number of piperidine rings is 1. The van der Waals surface area contributed by atoms with Gasteiger partial charge in [-0.05, 0) is 55.4 Å². The molecule has 1 atom stereocenters. The van der Waals surface area contributed by atoms with E-state index >= 15 is 0 Å². The number of carbonyl (C=O) groups excluding carboxylic acids is 1. The van der Waals surface area contributed by atoms with E-state index < -0.39 is 17.2 Å². The second kappa shape index (κ2) is 10.5. The van der Waals surface area contributed by atoms with Gasteiger partial charge in [-0.25, -0.2) is 0 Å². The molecule has 35 heavy (non-hydrogen) atoms. The van der Waals surface area contributed by atoms with Gasteiger partial charge in [-0.3, -0.25) is 9.69 Å². The van der Waals surface area contributed by atoms with Crippen molar-refractivity contribution in [1.82, 2.24) is 10.2 Å². The van der Waals surface area contributed by atoms with Crippen LogP contribution >= 0.6 is 11.6 Å². The van der Waals surface area contributed by atoms with Crippen LogP contribution in [0.15, 0.2) is 54.6 Å². The van der Waals surface area contributed by atoms with E-state index in [-0.39, 0.29) is 37.9 Å². The zero-order chi connectivity index (χ0) is 25.1. The van der Waals surface area contributed by atoms with Gasteiger partial charge in [-0.2, -0.15) is 13.2 Å². The second-order valence-electron chi connectivity index (χ2n) is 9.91. The van der Waals surface area contributed by atoms with Crippen LogP contribution in [0.25, 0.3) is 0 Å². The van der Waals surface area contributed by atoms with Crippen molar-refractivity contribution in [2.75, 3.05) is 19.6 Å². The van der Waals surface area contributed by atoms with Crippen LogP contribution < -0.4 is 5.32 Å². The van der Waals surface area contributed by atoms with Gasteiger partial charge in [0.25, 0.3) is 0 Å². The first-order valence-electron chi connectivity index (χ1n) is 12.2. The van der Waals surface area contributed by atoms with E-state index in [2.05, 4.69) is 5.32 Å². The summed E-state index contributed by atoms with van der Waals surface area (Å²) in [6.45, 7) is 0.560. The Bertz CT molecular complexity index is 984. The van der Waals surface area contributed by atoms with Crippen molar-refractivity contribution in [1.29, 1.82) is 0 Å². The molecule has 1 heterocycles. The molecule has 1 aliphatic heterocycles. The summed E-state index contributed by atoms with van der Waals surface area (Å²) in [5, 5.41) is 13.9. The average molecular weight is 509 g/mol. The van der Waals surface area contributed by atoms with E-state index in [1.807, 2.05) is 47.4 Å². The number of amides is 1. The van der Waals surface area contributed by atoms with E-state index in [0.717, 1.165) is 36.8 Å². The normalized spacial score (nSPS) is 20.9. The van der Waals surface area contributed by atoms with Crippen LogP contribution in [-0.4, -0.2) is 53.4 Å². The SMILES string of the molecule is O=C(NCC(Cc1ccccc1)N1CCC(O)(C(F)(F)F)CC1)C1(c2ccc(Cl)cc2)CCCC1. The molecule has 8 heteroatoms. The summed E-state index contributed by atoms with van der Waals surface area (Å²) in [7, 11) is 0. The van der Waals surface area contributed by atoms with Gasteiger partial charge in [-0.15, -0.1) is 0 Å². The highest BCUT2D eigenvalue weighted by Gasteiger charge is 2.55. The molecular weight excluding hydrogens is 477 g/mol. The first kappa shape index (κ1) is 26.0. The Labute approximate surface area is 209 Å². The average Bonchev–Trinajstić information content (AvgIpc) is 3.34. The van der Waals surface area contributed by atoms with Gasteiger partial charge < -0.3 is 10.4 Å². The van der Waals surface area contributed by atoms with Crippen molar-refractivity contribution in [2.45, 2.75) is 68.2 Å². The van der Waals surface area contributed by atoms with Gasteiger partial charge in [0.15, 0.2) is 5.60 Å². The molecule has 0 bridgehead atoms. The molecule has 2 aliphatic rings. The first-order chi connectivity index (χ1) is 16.6. The van der Waals surface area contributed by atoms with Gasteiger partial charge in [-0.1, -0.05) is 66.9 Å². The summed E-state index contributed by atoms with van der Waals surface area (Å²) in [4.78, 5) is 15.5. The number of nitrogens with zero attached hydrogens (tertiary/aromatic N) is 1. The van der Waals surface area contributed by atoms with Crippen LogP contribution in [0.5, 0.6) is 0 Å². The fourth-order valence-corrected chi connectivity index (χ4v) is 5.66. The molecule has 1 aliphatic carbocycles. The number of aliphatic hydroxyl groups is 1. The standard InChI is InChI=1S/C27H32ClF3N2O2/c28-22-10-8-21(9-11-22)25(12-4-5-13-25)24(34)32-19-23(18-20-6-2-1-3-7-20)33-16-14-26(35,15-17-33)27(29,30)31/h1-3,6-11,23,35H,4-5,12-19H2,(H,32,34). The van der Waals surface area contributed by atoms with Crippen molar-refractivity contribution in [2.24, 2.45) is 0 Å². The van der Waals surface area contributed by atoms with Crippen LogP contribution in [-0.2, 0) is 16.6 Å². The predicted octanol–water partition coefficient (Wildman–Crippen LogP) is 5.27. The fourth-order valence-electron chi connectivity index (χ4n) is 5.53. The molecule has 2 aromatic rings. The van der Waals surface area contributed by atoms with Crippen molar-refractivity contribution >= 4 is 17.5 Å².